The van der Waals surface area contributed by atoms with E-state index in [2.05, 4.69) is 41.5 Å². The SMILES string of the molecule is CC(CCN(C)C)NCCn1cc(C(=O)O)nn1. The third kappa shape index (κ3) is 5.24. The van der Waals surface area contributed by atoms with E-state index < -0.39 is 5.97 Å². The molecule has 0 aliphatic heterocycles. The molecular formula is C11H21N5O2. The third-order valence-corrected chi connectivity index (χ3v) is 2.60. The van der Waals surface area contributed by atoms with Gasteiger partial charge in [-0.2, -0.15) is 0 Å². The zero-order valence-electron chi connectivity index (χ0n) is 11.1. The first-order valence-electron chi connectivity index (χ1n) is 6.00. The van der Waals surface area contributed by atoms with E-state index in [0.29, 0.717) is 12.6 Å². The molecule has 1 heterocycles. The molecule has 18 heavy (non-hydrogen) atoms. The Morgan fingerprint density at radius 1 is 1.61 bits per heavy atom. The number of hydrogen-bond donors (Lipinski definition) is 2. The van der Waals surface area contributed by atoms with Gasteiger partial charge in [-0.15, -0.1) is 5.10 Å². The maximum absolute atomic E-state index is 10.6. The summed E-state index contributed by atoms with van der Waals surface area (Å²) < 4.78 is 1.54. The maximum atomic E-state index is 10.6. The normalized spacial score (nSPS) is 12.9. The van der Waals surface area contributed by atoms with Gasteiger partial charge < -0.3 is 15.3 Å². The number of carbonyl (C=O) groups is 1. The molecule has 1 aromatic heterocycles. The van der Waals surface area contributed by atoms with Gasteiger partial charge in [-0.05, 0) is 34.0 Å². The van der Waals surface area contributed by atoms with Crippen molar-refractivity contribution >= 4 is 5.97 Å². The van der Waals surface area contributed by atoms with Crippen LogP contribution < -0.4 is 5.32 Å². The lowest BCUT2D eigenvalue weighted by Crippen LogP contribution is -2.32. The number of nitrogens with one attached hydrogen (secondary N) is 1. The van der Waals surface area contributed by atoms with Gasteiger partial charge in [0, 0.05) is 12.6 Å². The van der Waals surface area contributed by atoms with E-state index >= 15 is 0 Å². The van der Waals surface area contributed by atoms with Gasteiger partial charge in [0.05, 0.1) is 12.7 Å². The second-order valence-electron chi connectivity index (χ2n) is 4.62. The highest BCUT2D eigenvalue weighted by Gasteiger charge is 2.08. The van der Waals surface area contributed by atoms with E-state index in [-0.39, 0.29) is 5.69 Å². The Morgan fingerprint density at radius 3 is 2.89 bits per heavy atom. The summed E-state index contributed by atoms with van der Waals surface area (Å²) in [6, 6.07) is 0.426. The first-order chi connectivity index (χ1) is 8.49. The van der Waals surface area contributed by atoms with E-state index in [1.165, 1.54) is 10.9 Å². The number of aromatic carboxylic acids is 1. The van der Waals surface area contributed by atoms with Crippen LogP contribution in [0.3, 0.4) is 0 Å². The lowest BCUT2D eigenvalue weighted by molar-refractivity contribution is 0.0690. The molecule has 1 rings (SSSR count). The number of hydrogen-bond acceptors (Lipinski definition) is 5. The monoisotopic (exact) mass is 255 g/mol. The van der Waals surface area contributed by atoms with Gasteiger partial charge in [-0.25, -0.2) is 4.79 Å². The zero-order valence-corrected chi connectivity index (χ0v) is 11.1. The molecule has 7 heteroatoms. The van der Waals surface area contributed by atoms with Crippen molar-refractivity contribution in [2.75, 3.05) is 27.2 Å². The van der Waals surface area contributed by atoms with E-state index in [1.807, 2.05) is 0 Å². The van der Waals surface area contributed by atoms with Crippen LogP contribution in [0.1, 0.15) is 23.8 Å². The van der Waals surface area contributed by atoms with Crippen LogP contribution in [-0.2, 0) is 6.54 Å². The van der Waals surface area contributed by atoms with Crippen LogP contribution in [0.2, 0.25) is 0 Å². The van der Waals surface area contributed by atoms with Crippen molar-refractivity contribution in [1.82, 2.24) is 25.2 Å². The van der Waals surface area contributed by atoms with Crippen molar-refractivity contribution in [3.63, 3.8) is 0 Å². The molecule has 0 radical (unpaired) electrons. The molecule has 0 saturated heterocycles. The van der Waals surface area contributed by atoms with Crippen molar-refractivity contribution in [3.05, 3.63) is 11.9 Å². The van der Waals surface area contributed by atoms with Gasteiger partial charge in [-0.3, -0.25) is 4.68 Å². The number of aromatic nitrogens is 3. The minimum absolute atomic E-state index is 0.0179. The van der Waals surface area contributed by atoms with E-state index in [9.17, 15) is 4.79 Å². The lowest BCUT2D eigenvalue weighted by Gasteiger charge is -2.16. The van der Waals surface area contributed by atoms with Crippen molar-refractivity contribution < 1.29 is 9.90 Å². The predicted molar refractivity (Wildman–Crippen MR) is 67.6 cm³/mol. The summed E-state index contributed by atoms with van der Waals surface area (Å²) in [5.74, 6) is -1.05. The molecule has 0 fully saturated rings. The quantitative estimate of drug-likeness (QED) is 0.675. The van der Waals surface area contributed by atoms with Crippen LogP contribution in [0.25, 0.3) is 0 Å². The summed E-state index contributed by atoms with van der Waals surface area (Å²) in [6.07, 6.45) is 2.51. The van der Waals surface area contributed by atoms with Crippen molar-refractivity contribution in [2.45, 2.75) is 25.9 Å². The zero-order chi connectivity index (χ0) is 13.5. The fraction of sp³-hybridized carbons (Fsp3) is 0.727. The Balaban J connectivity index is 2.22. The number of carboxylic acids is 1. The Labute approximate surface area is 107 Å². The molecule has 0 aromatic carbocycles. The average Bonchev–Trinajstić information content (AvgIpc) is 2.75. The van der Waals surface area contributed by atoms with Crippen LogP contribution in [0.4, 0.5) is 0 Å². The number of carboxylic acid groups (broad SMARTS) is 1. The molecule has 102 valence electrons. The average molecular weight is 255 g/mol. The Kier molecular flexibility index (Phi) is 5.73. The highest BCUT2D eigenvalue weighted by atomic mass is 16.4. The minimum atomic E-state index is -1.05. The molecule has 1 unspecified atom stereocenters. The molecule has 0 bridgehead atoms. The van der Waals surface area contributed by atoms with E-state index in [1.54, 1.807) is 0 Å². The smallest absolute Gasteiger partial charge is 0.358 e. The summed E-state index contributed by atoms with van der Waals surface area (Å²) >= 11 is 0. The molecule has 0 aliphatic carbocycles. The molecule has 0 spiro atoms. The van der Waals surface area contributed by atoms with Crippen LogP contribution in [0.15, 0.2) is 6.20 Å². The van der Waals surface area contributed by atoms with Crippen molar-refractivity contribution in [2.24, 2.45) is 0 Å². The minimum Gasteiger partial charge on any atom is -0.476 e. The largest absolute Gasteiger partial charge is 0.476 e. The molecule has 1 aromatic rings. The van der Waals surface area contributed by atoms with Crippen LogP contribution in [-0.4, -0.2) is 64.2 Å². The topological polar surface area (TPSA) is 83.3 Å². The molecule has 1 atom stereocenters. The summed E-state index contributed by atoms with van der Waals surface area (Å²) in [6.45, 7) is 4.54. The van der Waals surface area contributed by atoms with E-state index in [0.717, 1.165) is 19.5 Å². The predicted octanol–water partition coefficient (Wildman–Crippen LogP) is -0.0939. The summed E-state index contributed by atoms with van der Waals surface area (Å²) in [7, 11) is 4.10. The second-order valence-corrected chi connectivity index (χ2v) is 4.62. The van der Waals surface area contributed by atoms with Gasteiger partial charge in [-0.1, -0.05) is 5.21 Å². The summed E-state index contributed by atoms with van der Waals surface area (Å²) in [5.41, 5.74) is -0.0179. The summed E-state index contributed by atoms with van der Waals surface area (Å²) in [4.78, 5) is 12.8. The van der Waals surface area contributed by atoms with Crippen LogP contribution >= 0.6 is 0 Å². The van der Waals surface area contributed by atoms with Crippen molar-refractivity contribution in [3.8, 4) is 0 Å². The molecule has 0 aliphatic rings. The number of nitrogens with zero attached hydrogens (tertiary/aromatic N) is 4. The maximum Gasteiger partial charge on any atom is 0.358 e. The Bertz CT molecular complexity index is 377. The van der Waals surface area contributed by atoms with Crippen LogP contribution in [0.5, 0.6) is 0 Å². The number of rotatable bonds is 8. The fourth-order valence-electron chi connectivity index (χ4n) is 1.49. The molecule has 2 N–H and O–H groups in total. The first-order valence-corrected chi connectivity index (χ1v) is 6.00. The molecule has 0 saturated carbocycles. The van der Waals surface area contributed by atoms with Gasteiger partial charge >= 0.3 is 5.97 Å². The lowest BCUT2D eigenvalue weighted by atomic mass is 10.2. The van der Waals surface area contributed by atoms with Crippen LogP contribution in [0, 0.1) is 0 Å². The Hall–Kier alpha value is -1.47. The molecular weight excluding hydrogens is 234 g/mol. The summed E-state index contributed by atoms with van der Waals surface area (Å²) in [5, 5.41) is 19.4. The van der Waals surface area contributed by atoms with Gasteiger partial charge in [0.15, 0.2) is 5.69 Å². The van der Waals surface area contributed by atoms with Gasteiger partial charge in [0.25, 0.3) is 0 Å². The van der Waals surface area contributed by atoms with Gasteiger partial charge in [0.1, 0.15) is 0 Å². The van der Waals surface area contributed by atoms with E-state index in [4.69, 9.17) is 5.11 Å². The highest BCUT2D eigenvalue weighted by Crippen LogP contribution is 1.94. The van der Waals surface area contributed by atoms with Crippen molar-refractivity contribution in [1.29, 1.82) is 0 Å². The molecule has 0 amide bonds. The Morgan fingerprint density at radius 2 is 2.33 bits per heavy atom. The third-order valence-electron chi connectivity index (χ3n) is 2.60. The highest BCUT2D eigenvalue weighted by molar-refractivity contribution is 5.84. The second kappa shape index (κ2) is 7.07. The standard InChI is InChI=1S/C11H21N5O2/c1-9(4-6-15(2)3)12-5-7-16-8-10(11(17)18)13-14-16/h8-9,12H,4-7H2,1-3H3,(H,17,18). The molecule has 7 nitrogen and oxygen atoms in total. The fourth-order valence-corrected chi connectivity index (χ4v) is 1.49. The van der Waals surface area contributed by atoms with Gasteiger partial charge in [0.2, 0.25) is 0 Å². The first kappa shape index (κ1) is 14.6.